The summed E-state index contributed by atoms with van der Waals surface area (Å²) in [6.07, 6.45) is 0. The van der Waals surface area contributed by atoms with Gasteiger partial charge in [-0.25, -0.2) is 0 Å². The molecule has 3 aromatic carbocycles. The van der Waals surface area contributed by atoms with E-state index >= 15 is 0 Å². The second-order valence-electron chi connectivity index (χ2n) is 8.23. The van der Waals surface area contributed by atoms with Gasteiger partial charge in [-0.3, -0.25) is 9.59 Å². The fraction of sp³-hybridized carbons (Fsp3) is 0.222. The summed E-state index contributed by atoms with van der Waals surface area (Å²) in [5, 5.41) is 7.16. The Labute approximate surface area is 207 Å². The van der Waals surface area contributed by atoms with E-state index in [9.17, 15) is 9.59 Å². The highest BCUT2D eigenvalue weighted by atomic mass is 16.7. The number of oxime groups is 1. The molecule has 184 valence electrons. The van der Waals surface area contributed by atoms with Crippen LogP contribution in [0.4, 0.5) is 5.69 Å². The number of carbonyl (C=O) groups excluding carboxylic acids is 2. The Hall–Kier alpha value is -4.53. The number of ketones is 1. The molecule has 3 aromatic rings. The molecule has 5 rings (SSSR count). The molecule has 0 bridgehead atoms. The smallest absolute Gasteiger partial charge is 0.277 e. The normalized spacial score (nSPS) is 19.7. The van der Waals surface area contributed by atoms with E-state index in [1.54, 1.807) is 67.8 Å². The van der Waals surface area contributed by atoms with Gasteiger partial charge < -0.3 is 29.1 Å². The van der Waals surface area contributed by atoms with Gasteiger partial charge in [0.2, 0.25) is 0 Å². The highest BCUT2D eigenvalue weighted by Gasteiger charge is 2.63. The van der Waals surface area contributed by atoms with Crippen LogP contribution in [0.5, 0.6) is 23.0 Å². The number of benzene rings is 3. The van der Waals surface area contributed by atoms with Gasteiger partial charge in [-0.05, 0) is 30.3 Å². The van der Waals surface area contributed by atoms with E-state index in [4.69, 9.17) is 23.8 Å². The third kappa shape index (κ3) is 3.35. The zero-order valence-corrected chi connectivity index (χ0v) is 20.2. The molecule has 2 aliphatic heterocycles. The van der Waals surface area contributed by atoms with Crippen LogP contribution in [0.3, 0.4) is 0 Å². The maximum absolute atomic E-state index is 14.3. The Morgan fingerprint density at radius 3 is 2.25 bits per heavy atom. The van der Waals surface area contributed by atoms with E-state index in [-0.39, 0.29) is 11.3 Å². The van der Waals surface area contributed by atoms with Crippen molar-refractivity contribution in [1.29, 1.82) is 0 Å². The fourth-order valence-corrected chi connectivity index (χ4v) is 4.73. The minimum Gasteiger partial charge on any atom is -0.497 e. The number of nitrogens with zero attached hydrogens (tertiary/aromatic N) is 1. The first-order valence-electron chi connectivity index (χ1n) is 11.1. The number of Topliss-reactive ketones (excluding diaryl/α,β-unsaturated/α-hetero) is 1. The molecule has 1 amide bonds. The van der Waals surface area contributed by atoms with E-state index in [2.05, 4.69) is 10.5 Å². The molecular formula is C27H24N2O7. The largest absolute Gasteiger partial charge is 0.497 e. The van der Waals surface area contributed by atoms with Crippen LogP contribution < -0.4 is 24.3 Å². The van der Waals surface area contributed by atoms with Crippen LogP contribution in [0.2, 0.25) is 0 Å². The van der Waals surface area contributed by atoms with Crippen molar-refractivity contribution in [1.82, 2.24) is 0 Å². The summed E-state index contributed by atoms with van der Waals surface area (Å²) in [5.41, 5.74) is 0.374. The summed E-state index contributed by atoms with van der Waals surface area (Å²) in [6.45, 7) is 0. The number of carbonyl (C=O) groups is 2. The average molecular weight is 488 g/mol. The van der Waals surface area contributed by atoms with Gasteiger partial charge in [0.15, 0.2) is 5.78 Å². The van der Waals surface area contributed by atoms with E-state index in [1.165, 1.54) is 21.3 Å². The molecule has 0 saturated heterocycles. The molecule has 0 fully saturated rings. The van der Waals surface area contributed by atoms with Crippen molar-refractivity contribution in [2.75, 3.05) is 33.8 Å². The number of fused-ring (bicyclic) bond motifs is 2. The van der Waals surface area contributed by atoms with Gasteiger partial charge in [0, 0.05) is 28.9 Å². The van der Waals surface area contributed by atoms with Gasteiger partial charge >= 0.3 is 0 Å². The zero-order valence-electron chi connectivity index (χ0n) is 20.2. The van der Waals surface area contributed by atoms with Gasteiger partial charge in [-0.2, -0.15) is 0 Å². The molecule has 2 unspecified atom stereocenters. The van der Waals surface area contributed by atoms with E-state index in [1.807, 2.05) is 0 Å². The van der Waals surface area contributed by atoms with Crippen molar-refractivity contribution >= 4 is 23.1 Å². The SMILES string of the molecule is COc1ccc(C(=O)C2C(c3ccc(OC)cc3OC)=NOC23C(=O)Nc2ccccc23)c(OC)c1. The number of rotatable bonds is 7. The number of ether oxygens (including phenoxy) is 4. The highest BCUT2D eigenvalue weighted by Crippen LogP contribution is 2.51. The van der Waals surface area contributed by atoms with Crippen LogP contribution in [0.15, 0.2) is 65.8 Å². The summed E-state index contributed by atoms with van der Waals surface area (Å²) >= 11 is 0. The van der Waals surface area contributed by atoms with Gasteiger partial charge in [-0.1, -0.05) is 23.4 Å². The Bertz CT molecular complexity index is 1400. The summed E-state index contributed by atoms with van der Waals surface area (Å²) in [5.74, 6) is -0.236. The zero-order chi connectivity index (χ0) is 25.4. The van der Waals surface area contributed by atoms with Gasteiger partial charge in [0.1, 0.15) is 34.6 Å². The molecule has 1 spiro atoms. The molecule has 2 aliphatic rings. The third-order valence-electron chi connectivity index (χ3n) is 6.50. The van der Waals surface area contributed by atoms with Crippen LogP contribution >= 0.6 is 0 Å². The number of methoxy groups -OCH3 is 4. The minimum absolute atomic E-state index is 0.254. The molecule has 2 atom stereocenters. The van der Waals surface area contributed by atoms with Crippen LogP contribution in [0.1, 0.15) is 21.5 Å². The van der Waals surface area contributed by atoms with Crippen LogP contribution in [0.25, 0.3) is 0 Å². The summed E-state index contributed by atoms with van der Waals surface area (Å²) < 4.78 is 21.7. The molecule has 9 nitrogen and oxygen atoms in total. The Morgan fingerprint density at radius 1 is 0.889 bits per heavy atom. The van der Waals surface area contributed by atoms with Crippen molar-refractivity contribution in [2.45, 2.75) is 5.60 Å². The predicted molar refractivity (Wildman–Crippen MR) is 131 cm³/mol. The average Bonchev–Trinajstić information content (AvgIpc) is 3.45. The number of anilines is 1. The van der Waals surface area contributed by atoms with Crippen molar-refractivity contribution in [3.63, 3.8) is 0 Å². The van der Waals surface area contributed by atoms with E-state index in [0.717, 1.165) is 0 Å². The second kappa shape index (κ2) is 8.92. The van der Waals surface area contributed by atoms with Crippen LogP contribution in [-0.4, -0.2) is 45.8 Å². The monoisotopic (exact) mass is 488 g/mol. The third-order valence-corrected chi connectivity index (χ3v) is 6.50. The molecule has 0 saturated carbocycles. The Morgan fingerprint density at radius 2 is 1.56 bits per heavy atom. The van der Waals surface area contributed by atoms with E-state index in [0.29, 0.717) is 39.8 Å². The first kappa shape index (κ1) is 23.2. The lowest BCUT2D eigenvalue weighted by atomic mass is 9.74. The number of hydrogen-bond acceptors (Lipinski definition) is 8. The van der Waals surface area contributed by atoms with Crippen molar-refractivity contribution < 1.29 is 33.4 Å². The molecule has 0 aromatic heterocycles. The number of para-hydroxylation sites is 1. The molecule has 0 aliphatic carbocycles. The predicted octanol–water partition coefficient (Wildman–Crippen LogP) is 3.80. The fourth-order valence-electron chi connectivity index (χ4n) is 4.73. The first-order valence-corrected chi connectivity index (χ1v) is 11.1. The van der Waals surface area contributed by atoms with Gasteiger partial charge in [0.25, 0.3) is 11.5 Å². The van der Waals surface area contributed by atoms with Crippen molar-refractivity contribution in [3.8, 4) is 23.0 Å². The Balaban J connectivity index is 1.72. The molecule has 0 radical (unpaired) electrons. The molecule has 1 N–H and O–H groups in total. The summed E-state index contributed by atoms with van der Waals surface area (Å²) in [6, 6.07) is 17.1. The van der Waals surface area contributed by atoms with Crippen molar-refractivity contribution in [2.24, 2.45) is 11.1 Å². The first-order chi connectivity index (χ1) is 17.5. The molecular weight excluding hydrogens is 464 g/mol. The van der Waals surface area contributed by atoms with Crippen LogP contribution in [0, 0.1) is 5.92 Å². The van der Waals surface area contributed by atoms with Gasteiger partial charge in [0.05, 0.1) is 34.0 Å². The van der Waals surface area contributed by atoms with Gasteiger partial charge in [-0.15, -0.1) is 0 Å². The maximum Gasteiger partial charge on any atom is 0.277 e. The van der Waals surface area contributed by atoms with Crippen LogP contribution in [-0.2, 0) is 15.2 Å². The number of nitrogens with one attached hydrogen (secondary N) is 1. The second-order valence-corrected chi connectivity index (χ2v) is 8.23. The highest BCUT2D eigenvalue weighted by molar-refractivity contribution is 6.25. The minimum atomic E-state index is -1.71. The lowest BCUT2D eigenvalue weighted by Crippen LogP contribution is -2.46. The summed E-state index contributed by atoms with van der Waals surface area (Å²) in [4.78, 5) is 33.8. The molecule has 9 heteroatoms. The Kier molecular flexibility index (Phi) is 5.75. The maximum atomic E-state index is 14.3. The lowest BCUT2D eigenvalue weighted by molar-refractivity contribution is -0.140. The topological polar surface area (TPSA) is 105 Å². The number of amides is 1. The standard InChI is InChI=1S/C27H24N2O7/c1-32-15-9-11-17(21(13-15)34-3)24-23(25(30)18-12-10-16(33-2)14-22(18)35-4)27(36-29-24)19-7-5-6-8-20(19)28-26(27)31/h5-14,23H,1-4H3,(H,28,31). The van der Waals surface area contributed by atoms with E-state index < -0.39 is 23.2 Å². The molecule has 2 heterocycles. The number of hydrogen-bond donors (Lipinski definition) is 1. The quantitative estimate of drug-likeness (QED) is 0.505. The summed E-state index contributed by atoms with van der Waals surface area (Å²) in [7, 11) is 6.04. The van der Waals surface area contributed by atoms with Crippen molar-refractivity contribution in [3.05, 3.63) is 77.4 Å². The lowest BCUT2D eigenvalue weighted by Gasteiger charge is -2.27. The molecule has 36 heavy (non-hydrogen) atoms.